The maximum absolute atomic E-state index is 12.1. The van der Waals surface area contributed by atoms with Crippen LogP contribution in [0.5, 0.6) is 0 Å². The molecule has 0 saturated carbocycles. The van der Waals surface area contributed by atoms with Crippen LogP contribution in [-0.4, -0.2) is 14.4 Å². The molecule has 0 aliphatic carbocycles. The molecule has 0 saturated heterocycles. The van der Waals surface area contributed by atoms with Crippen LogP contribution in [0.25, 0.3) is 4.96 Å². The number of thioether (sulfide) groups is 1. The zero-order chi connectivity index (χ0) is 14.3. The van der Waals surface area contributed by atoms with Crippen molar-refractivity contribution in [1.29, 1.82) is 0 Å². The number of hydrogen-bond donors (Lipinski definition) is 1. The number of aromatic nitrogens is 3. The summed E-state index contributed by atoms with van der Waals surface area (Å²) in [6.45, 7) is 3.84. The molecular formula is C12H12N4OS3. The first-order valence-electron chi connectivity index (χ1n) is 5.87. The zero-order valence-corrected chi connectivity index (χ0v) is 13.4. The number of rotatable bonds is 3. The number of fused-ring (bicyclic) bond motifs is 1. The van der Waals surface area contributed by atoms with Gasteiger partial charge in [-0.1, -0.05) is 11.3 Å². The van der Waals surface area contributed by atoms with E-state index in [1.807, 2.05) is 19.2 Å². The molecule has 20 heavy (non-hydrogen) atoms. The first-order chi connectivity index (χ1) is 9.54. The van der Waals surface area contributed by atoms with E-state index in [0.717, 1.165) is 26.3 Å². The van der Waals surface area contributed by atoms with Crippen molar-refractivity contribution in [3.05, 3.63) is 38.9 Å². The lowest BCUT2D eigenvalue weighted by Gasteiger charge is -2.01. The monoisotopic (exact) mass is 324 g/mol. The maximum Gasteiger partial charge on any atom is 0.258 e. The molecule has 3 heterocycles. The molecule has 0 bridgehead atoms. The molecule has 0 fully saturated rings. The quantitative estimate of drug-likeness (QED) is 0.750. The van der Waals surface area contributed by atoms with Gasteiger partial charge in [0.1, 0.15) is 0 Å². The molecule has 5 nitrogen and oxygen atoms in total. The second kappa shape index (κ2) is 5.19. The Labute approximate surface area is 127 Å². The van der Waals surface area contributed by atoms with Crippen LogP contribution in [0.4, 0.5) is 5.13 Å². The standard InChI is InChI=1S/C12H12N4OS3/c1-6-4-19-12-15-8(3-9(17)16(6)12)5-18-10-7(2)14-11(13)20-10/h3-4H,5H2,1-2H3,(H2,13,14). The highest BCUT2D eigenvalue weighted by molar-refractivity contribution is 8.00. The summed E-state index contributed by atoms with van der Waals surface area (Å²) in [5.74, 6) is 0.644. The van der Waals surface area contributed by atoms with Crippen LogP contribution in [0.15, 0.2) is 20.5 Å². The van der Waals surface area contributed by atoms with Gasteiger partial charge in [-0.25, -0.2) is 9.97 Å². The third-order valence-electron chi connectivity index (χ3n) is 2.75. The van der Waals surface area contributed by atoms with Crippen molar-refractivity contribution in [2.45, 2.75) is 23.8 Å². The molecule has 0 spiro atoms. The van der Waals surface area contributed by atoms with E-state index >= 15 is 0 Å². The largest absolute Gasteiger partial charge is 0.375 e. The molecule has 0 atom stereocenters. The van der Waals surface area contributed by atoms with Gasteiger partial charge >= 0.3 is 0 Å². The number of hydrogen-bond acceptors (Lipinski definition) is 7. The predicted molar refractivity (Wildman–Crippen MR) is 84.9 cm³/mol. The minimum atomic E-state index is -0.0232. The van der Waals surface area contributed by atoms with E-state index in [1.54, 1.807) is 22.2 Å². The number of nitrogen functional groups attached to an aromatic ring is 1. The topological polar surface area (TPSA) is 73.3 Å². The Morgan fingerprint density at radius 3 is 2.90 bits per heavy atom. The van der Waals surface area contributed by atoms with Crippen molar-refractivity contribution in [2.75, 3.05) is 5.73 Å². The molecule has 2 N–H and O–H groups in total. The van der Waals surface area contributed by atoms with Crippen LogP contribution in [0, 0.1) is 13.8 Å². The van der Waals surface area contributed by atoms with Gasteiger partial charge in [0.05, 0.1) is 15.6 Å². The van der Waals surface area contributed by atoms with Crippen LogP contribution >= 0.6 is 34.4 Å². The van der Waals surface area contributed by atoms with Crippen molar-refractivity contribution in [1.82, 2.24) is 14.4 Å². The smallest absolute Gasteiger partial charge is 0.258 e. The zero-order valence-electron chi connectivity index (χ0n) is 10.9. The predicted octanol–water partition coefficient (Wildman–Crippen LogP) is 2.70. The number of thiazole rings is 2. The molecule has 0 aliphatic rings. The fourth-order valence-electron chi connectivity index (χ4n) is 1.85. The van der Waals surface area contributed by atoms with Gasteiger partial charge in [-0.05, 0) is 13.8 Å². The fourth-order valence-corrected chi connectivity index (χ4v) is 4.66. The van der Waals surface area contributed by atoms with Crippen molar-refractivity contribution in [3.8, 4) is 0 Å². The van der Waals surface area contributed by atoms with Crippen molar-refractivity contribution >= 4 is 44.5 Å². The van der Waals surface area contributed by atoms with Crippen LogP contribution in [-0.2, 0) is 5.75 Å². The van der Waals surface area contributed by atoms with E-state index in [1.165, 1.54) is 22.7 Å². The summed E-state index contributed by atoms with van der Waals surface area (Å²) in [5.41, 5.74) is 8.30. The molecule has 3 aromatic rings. The highest BCUT2D eigenvalue weighted by atomic mass is 32.2. The lowest BCUT2D eigenvalue weighted by Crippen LogP contribution is -2.14. The normalized spacial score (nSPS) is 11.3. The Balaban J connectivity index is 1.88. The van der Waals surface area contributed by atoms with E-state index in [4.69, 9.17) is 5.73 Å². The molecular weight excluding hydrogens is 312 g/mol. The van der Waals surface area contributed by atoms with Crippen LogP contribution in [0.3, 0.4) is 0 Å². The highest BCUT2D eigenvalue weighted by Crippen LogP contribution is 2.32. The minimum Gasteiger partial charge on any atom is -0.375 e. The van der Waals surface area contributed by atoms with Gasteiger partial charge in [0.25, 0.3) is 5.56 Å². The van der Waals surface area contributed by atoms with E-state index in [2.05, 4.69) is 9.97 Å². The maximum atomic E-state index is 12.1. The van der Waals surface area contributed by atoms with E-state index in [9.17, 15) is 4.79 Å². The Morgan fingerprint density at radius 2 is 2.20 bits per heavy atom. The molecule has 3 rings (SSSR count). The Kier molecular flexibility index (Phi) is 3.53. The number of aryl methyl sites for hydroxylation is 2. The molecule has 0 aromatic carbocycles. The van der Waals surface area contributed by atoms with Crippen molar-refractivity contribution in [2.24, 2.45) is 0 Å². The van der Waals surface area contributed by atoms with Gasteiger partial charge in [-0.15, -0.1) is 23.1 Å². The number of nitrogens with two attached hydrogens (primary N) is 1. The second-order valence-corrected chi connectivity index (χ2v) is 7.41. The summed E-state index contributed by atoms with van der Waals surface area (Å²) >= 11 is 4.57. The van der Waals surface area contributed by atoms with Gasteiger partial charge in [-0.3, -0.25) is 9.20 Å². The molecule has 0 unspecified atom stereocenters. The van der Waals surface area contributed by atoms with Gasteiger partial charge in [0, 0.05) is 22.9 Å². The molecule has 0 radical (unpaired) electrons. The van der Waals surface area contributed by atoms with Crippen molar-refractivity contribution < 1.29 is 0 Å². The molecule has 8 heteroatoms. The van der Waals surface area contributed by atoms with Crippen LogP contribution < -0.4 is 11.3 Å². The molecule has 0 aliphatic heterocycles. The SMILES string of the molecule is Cc1nc(N)sc1SCc1cc(=O)n2c(C)csc2n1. The number of nitrogens with zero attached hydrogens (tertiary/aromatic N) is 3. The van der Waals surface area contributed by atoms with Crippen LogP contribution in [0.1, 0.15) is 17.1 Å². The van der Waals surface area contributed by atoms with E-state index < -0.39 is 0 Å². The first kappa shape index (κ1) is 13.6. The third-order valence-corrected chi connectivity index (χ3v) is 6.08. The van der Waals surface area contributed by atoms with Gasteiger partial charge in [0.15, 0.2) is 10.1 Å². The Bertz CT molecular complexity index is 833. The summed E-state index contributed by atoms with van der Waals surface area (Å²) in [5, 5.41) is 2.51. The summed E-state index contributed by atoms with van der Waals surface area (Å²) in [6.07, 6.45) is 0. The second-order valence-electron chi connectivity index (χ2n) is 4.29. The molecule has 0 amide bonds. The average Bonchev–Trinajstić information content (AvgIpc) is 2.90. The highest BCUT2D eigenvalue weighted by Gasteiger charge is 2.09. The van der Waals surface area contributed by atoms with Gasteiger partial charge in [-0.2, -0.15) is 0 Å². The lowest BCUT2D eigenvalue weighted by atomic mass is 10.4. The summed E-state index contributed by atoms with van der Waals surface area (Å²) < 4.78 is 2.71. The summed E-state index contributed by atoms with van der Waals surface area (Å²) in [4.78, 5) is 21.5. The molecule has 3 aromatic heterocycles. The lowest BCUT2D eigenvalue weighted by molar-refractivity contribution is 0.997. The van der Waals surface area contributed by atoms with Gasteiger partial charge in [0.2, 0.25) is 0 Å². The van der Waals surface area contributed by atoms with E-state index in [-0.39, 0.29) is 5.56 Å². The Hall–Kier alpha value is -1.38. The number of anilines is 1. The van der Waals surface area contributed by atoms with Gasteiger partial charge < -0.3 is 5.73 Å². The minimum absolute atomic E-state index is 0.0232. The average molecular weight is 324 g/mol. The van der Waals surface area contributed by atoms with E-state index in [0.29, 0.717) is 10.9 Å². The van der Waals surface area contributed by atoms with Crippen molar-refractivity contribution in [3.63, 3.8) is 0 Å². The Morgan fingerprint density at radius 1 is 1.40 bits per heavy atom. The summed E-state index contributed by atoms with van der Waals surface area (Å²) in [6, 6.07) is 1.60. The fraction of sp³-hybridized carbons (Fsp3) is 0.250. The molecule has 104 valence electrons. The van der Waals surface area contributed by atoms with Crippen LogP contribution in [0.2, 0.25) is 0 Å². The summed E-state index contributed by atoms with van der Waals surface area (Å²) in [7, 11) is 0. The third kappa shape index (κ3) is 2.46. The first-order valence-corrected chi connectivity index (χ1v) is 8.55.